The molecule has 0 N–H and O–H groups in total. The monoisotopic (exact) mass is 958 g/mol. The molecule has 10 nitrogen and oxygen atoms in total. The van der Waals surface area contributed by atoms with Crippen LogP contribution in [0.15, 0.2) is 99.9 Å². The summed E-state index contributed by atoms with van der Waals surface area (Å²) >= 11 is 0. The lowest BCUT2D eigenvalue weighted by Crippen LogP contribution is -2.16. The van der Waals surface area contributed by atoms with Crippen LogP contribution in [0.4, 0.5) is 0 Å². The van der Waals surface area contributed by atoms with Crippen molar-refractivity contribution in [1.29, 1.82) is 0 Å². The number of benzene rings is 6. The van der Waals surface area contributed by atoms with Crippen molar-refractivity contribution in [3.8, 4) is 51.4 Å². The van der Waals surface area contributed by atoms with Gasteiger partial charge in [0.1, 0.15) is 57.2 Å². The summed E-state index contributed by atoms with van der Waals surface area (Å²) in [5.41, 5.74) is 5.19. The van der Waals surface area contributed by atoms with Gasteiger partial charge in [0.2, 0.25) is 0 Å². The fourth-order valence-electron chi connectivity index (χ4n) is 8.49. The van der Waals surface area contributed by atoms with Gasteiger partial charge in [0.15, 0.2) is 0 Å². The molecule has 1 aliphatic rings. The van der Waals surface area contributed by atoms with E-state index in [2.05, 4.69) is 95.7 Å². The molecule has 1 unspecified atom stereocenters. The summed E-state index contributed by atoms with van der Waals surface area (Å²) in [5, 5.41) is 3.57. The number of methoxy groups -OCH3 is 4. The van der Waals surface area contributed by atoms with Crippen molar-refractivity contribution in [1.82, 2.24) is 0 Å². The Morgan fingerprint density at radius 2 is 0.868 bits per heavy atom. The molecule has 358 valence electrons. The van der Waals surface area contributed by atoms with E-state index in [-0.39, 0.29) is 10.8 Å². The minimum absolute atomic E-state index is 0.378. The molecule has 0 bridgehead atoms. The fourth-order valence-corrected chi connectivity index (χ4v) is 10.7. The highest BCUT2D eigenvalue weighted by atomic mass is 31.2. The maximum absolute atomic E-state index is 7.43. The van der Waals surface area contributed by atoms with E-state index < -0.39 is 27.7 Å². The normalized spacial score (nSPS) is 14.3. The summed E-state index contributed by atoms with van der Waals surface area (Å²) < 4.78 is 66.1. The molecule has 0 saturated carbocycles. The summed E-state index contributed by atoms with van der Waals surface area (Å²) in [6.07, 6.45) is 0. The van der Waals surface area contributed by atoms with E-state index >= 15 is 0 Å². The maximum Gasteiger partial charge on any atom is 0.530 e. The first kappa shape index (κ1) is 48.5. The average Bonchev–Trinajstić information content (AvgIpc) is 3.42. The molecule has 0 fully saturated rings. The first-order chi connectivity index (χ1) is 31.9. The molecule has 7 aromatic rings. The molecular formula is C56H64O10P2. The van der Waals surface area contributed by atoms with Crippen molar-refractivity contribution in [3.63, 3.8) is 0 Å². The van der Waals surface area contributed by atoms with Crippen LogP contribution < -0.4 is 32.5 Å². The quantitative estimate of drug-likeness (QED) is 0.130. The molecule has 68 heavy (non-hydrogen) atoms. The molecule has 0 amide bonds. The first-order valence-corrected chi connectivity index (χ1v) is 24.9. The molecule has 0 spiro atoms. The predicted molar refractivity (Wildman–Crippen MR) is 277 cm³/mol. The lowest BCUT2D eigenvalue weighted by atomic mass is 9.81. The molecule has 6 aromatic carbocycles. The van der Waals surface area contributed by atoms with E-state index in [1.807, 2.05) is 78.9 Å². The Kier molecular flexibility index (Phi) is 12.7. The molecule has 1 aliphatic heterocycles. The minimum atomic E-state index is -2.26. The third kappa shape index (κ3) is 9.30. The van der Waals surface area contributed by atoms with Crippen LogP contribution in [-0.4, -0.2) is 28.4 Å². The highest BCUT2D eigenvalue weighted by Crippen LogP contribution is 2.58. The zero-order valence-corrected chi connectivity index (χ0v) is 44.1. The van der Waals surface area contributed by atoms with Crippen LogP contribution in [0.5, 0.6) is 40.2 Å². The van der Waals surface area contributed by atoms with Crippen molar-refractivity contribution in [2.45, 2.75) is 105 Å². The van der Waals surface area contributed by atoms with Crippen LogP contribution in [0.2, 0.25) is 0 Å². The van der Waals surface area contributed by atoms with Gasteiger partial charge in [-0.3, -0.25) is 0 Å². The molecule has 2 heterocycles. The second-order valence-corrected chi connectivity index (χ2v) is 23.3. The highest BCUT2D eigenvalue weighted by Gasteiger charge is 2.36. The standard InChI is InChI=1S/C56H64O10P2/c1-32-38-23-22-33-20-18-19-21-39(33)48(38)62-67(61-32)63-49-40(24-34(57-14)28-44(49)53(2,3)4)41-25-35(58-15)29-45(54(5,6)7)50(41)64-68-65-51-42(26-36(59-16)30-46(51)55(8,9)10)43-27-37(60-17)31-47(52(43)66-68)56(11,12)13/h18-31H,1H2,2-17H3. The highest BCUT2D eigenvalue weighted by molar-refractivity contribution is 7.43. The molecule has 12 heteroatoms. The molecule has 0 aliphatic carbocycles. The van der Waals surface area contributed by atoms with Gasteiger partial charge in [-0.15, -0.1) is 0 Å². The Morgan fingerprint density at radius 1 is 0.441 bits per heavy atom. The van der Waals surface area contributed by atoms with Gasteiger partial charge in [-0.25, -0.2) is 0 Å². The average molecular weight is 959 g/mol. The number of hydrogen-bond donors (Lipinski definition) is 0. The Morgan fingerprint density at radius 3 is 1.32 bits per heavy atom. The van der Waals surface area contributed by atoms with Gasteiger partial charge < -0.3 is 45.4 Å². The zero-order chi connectivity index (χ0) is 49.2. The van der Waals surface area contributed by atoms with Crippen LogP contribution in [0, 0.1) is 0 Å². The Hall–Kier alpha value is -5.95. The number of fused-ring (bicyclic) bond motifs is 6. The molecule has 0 radical (unpaired) electrons. The minimum Gasteiger partial charge on any atom is -0.497 e. The Bertz CT molecular complexity index is 3060. The van der Waals surface area contributed by atoms with Gasteiger partial charge in [-0.05, 0) is 81.6 Å². The summed E-state index contributed by atoms with van der Waals surface area (Å²) in [6.45, 7) is 30.1. The van der Waals surface area contributed by atoms with Gasteiger partial charge in [0.05, 0.1) is 34.0 Å². The smallest absolute Gasteiger partial charge is 0.497 e. The summed E-state index contributed by atoms with van der Waals surface area (Å²) in [5.74, 6) is 4.77. The zero-order valence-electron chi connectivity index (χ0n) is 42.3. The Labute approximate surface area is 403 Å². The summed E-state index contributed by atoms with van der Waals surface area (Å²) in [4.78, 5) is 0. The van der Waals surface area contributed by atoms with Gasteiger partial charge >= 0.3 is 16.8 Å². The van der Waals surface area contributed by atoms with Crippen LogP contribution in [0.1, 0.15) is 111 Å². The first-order valence-electron chi connectivity index (χ1n) is 22.7. The van der Waals surface area contributed by atoms with Crippen molar-refractivity contribution in [3.05, 3.63) is 119 Å². The van der Waals surface area contributed by atoms with Gasteiger partial charge in [0.25, 0.3) is 0 Å². The molecular weight excluding hydrogens is 895 g/mol. The molecule has 1 aromatic heterocycles. The predicted octanol–water partition coefficient (Wildman–Crippen LogP) is 16.9. The van der Waals surface area contributed by atoms with Crippen LogP contribution in [-0.2, 0) is 26.2 Å². The van der Waals surface area contributed by atoms with E-state index in [1.165, 1.54) is 0 Å². The van der Waals surface area contributed by atoms with Crippen molar-refractivity contribution in [2.24, 2.45) is 0 Å². The van der Waals surface area contributed by atoms with Crippen molar-refractivity contribution in [2.75, 3.05) is 28.4 Å². The lowest BCUT2D eigenvalue weighted by Gasteiger charge is -2.31. The lowest BCUT2D eigenvalue weighted by molar-refractivity contribution is 0.352. The third-order valence-corrected chi connectivity index (χ3v) is 14.2. The summed E-state index contributed by atoms with van der Waals surface area (Å²) in [7, 11) is 2.34. The van der Waals surface area contributed by atoms with Crippen LogP contribution >= 0.6 is 16.8 Å². The second-order valence-electron chi connectivity index (χ2n) is 21.3. The largest absolute Gasteiger partial charge is 0.530 e. The van der Waals surface area contributed by atoms with E-state index in [1.54, 1.807) is 28.4 Å². The van der Waals surface area contributed by atoms with Crippen LogP contribution in [0.3, 0.4) is 0 Å². The fraction of sp³-hybridized carbons (Fsp3) is 0.357. The molecule has 8 rings (SSSR count). The van der Waals surface area contributed by atoms with Crippen molar-refractivity contribution < 1.29 is 45.4 Å². The van der Waals surface area contributed by atoms with E-state index in [9.17, 15) is 0 Å². The second kappa shape index (κ2) is 17.9. The van der Waals surface area contributed by atoms with E-state index in [4.69, 9.17) is 45.4 Å². The Balaban J connectivity index is 1.45. The van der Waals surface area contributed by atoms with Gasteiger partial charge in [-0.1, -0.05) is 120 Å². The van der Waals surface area contributed by atoms with Gasteiger partial charge in [0, 0.05) is 49.5 Å². The van der Waals surface area contributed by atoms with Crippen molar-refractivity contribution >= 4 is 55.3 Å². The number of hydrogen-bond acceptors (Lipinski definition) is 10. The molecule has 0 saturated heterocycles. The topological polar surface area (TPSA) is 100 Å². The van der Waals surface area contributed by atoms with Crippen LogP contribution in [0.25, 0.3) is 49.6 Å². The van der Waals surface area contributed by atoms with Gasteiger partial charge in [-0.2, -0.15) is 0 Å². The summed E-state index contributed by atoms with van der Waals surface area (Å²) in [6, 6.07) is 28.1. The maximum atomic E-state index is 7.43. The molecule has 1 atom stereocenters. The number of rotatable bonds is 9. The number of ether oxygens (including phenoxy) is 4. The SMILES string of the molecule is C=C1OP(Oc2c(-c3cc(OC)cc(C(C)(C)C)c3Op3oc4c(C(C)(C)C)cc(OC)cc4c4cc(OC)cc(C(C)(C)C)c4o3)cc(OC)cc2C(C)(C)C)Oc2c1ccc1ccccc21. The third-order valence-electron chi connectivity index (χ3n) is 12.2. The van der Waals surface area contributed by atoms with E-state index in [0.29, 0.717) is 68.3 Å². The van der Waals surface area contributed by atoms with E-state index in [0.717, 1.165) is 49.4 Å².